The molecule has 0 aromatic heterocycles. The Hall–Kier alpha value is -1.46. The Labute approximate surface area is 136 Å². The van der Waals surface area contributed by atoms with Crippen LogP contribution in [0.15, 0.2) is 18.2 Å². The fraction of sp³-hybridized carbons (Fsp3) is 0.562. The second-order valence-electron chi connectivity index (χ2n) is 6.12. The van der Waals surface area contributed by atoms with Crippen LogP contribution in [0.2, 0.25) is 0 Å². The number of rotatable bonds is 2. The molecule has 2 N–H and O–H groups in total. The van der Waals surface area contributed by atoms with E-state index in [9.17, 15) is 4.79 Å². The van der Waals surface area contributed by atoms with E-state index in [0.29, 0.717) is 0 Å². The van der Waals surface area contributed by atoms with Gasteiger partial charge in [-0.2, -0.15) is 0 Å². The van der Waals surface area contributed by atoms with Gasteiger partial charge in [-0.3, -0.25) is 4.79 Å². The third-order valence-corrected chi connectivity index (χ3v) is 4.55. The van der Waals surface area contributed by atoms with Crippen molar-refractivity contribution in [2.24, 2.45) is 0 Å². The first kappa shape index (κ1) is 15.4. The molecule has 22 heavy (non-hydrogen) atoms. The van der Waals surface area contributed by atoms with Crippen molar-refractivity contribution >= 4 is 24.0 Å². The van der Waals surface area contributed by atoms with E-state index in [1.807, 2.05) is 18.2 Å². The Morgan fingerprint density at radius 1 is 1.18 bits per heavy atom. The number of hydrogen-bond acceptors (Lipinski definition) is 4. The molecular formula is C16H21ClN2O3. The minimum Gasteiger partial charge on any atom is -0.448 e. The summed E-state index contributed by atoms with van der Waals surface area (Å²) in [7, 11) is 0. The zero-order valence-corrected chi connectivity index (χ0v) is 13.2. The summed E-state index contributed by atoms with van der Waals surface area (Å²) in [4.78, 5) is 12.1. The molecule has 2 fully saturated rings. The predicted octanol–water partition coefficient (Wildman–Crippen LogP) is 2.84. The van der Waals surface area contributed by atoms with E-state index in [2.05, 4.69) is 10.6 Å². The van der Waals surface area contributed by atoms with E-state index >= 15 is 0 Å². The highest BCUT2D eigenvalue weighted by molar-refractivity contribution is 5.95. The second-order valence-corrected chi connectivity index (χ2v) is 6.12. The normalized spacial score (nSPS) is 24.3. The standard InChI is InChI=1S/C16H20N2O3.ClH/c19-15(12-4-3-9-17-12)18-11-5-6-13-14(10-11)21-16(20-13)7-1-2-8-16;/h5-6,10,12,17H,1-4,7-9H2,(H,18,19);1H. The van der Waals surface area contributed by atoms with Crippen LogP contribution >= 0.6 is 12.4 Å². The zero-order valence-electron chi connectivity index (χ0n) is 12.4. The second kappa shape index (κ2) is 5.97. The maximum absolute atomic E-state index is 12.1. The van der Waals surface area contributed by atoms with Gasteiger partial charge in [0.15, 0.2) is 11.5 Å². The van der Waals surface area contributed by atoms with Gasteiger partial charge in [0.1, 0.15) is 0 Å². The van der Waals surface area contributed by atoms with Crippen molar-refractivity contribution in [1.82, 2.24) is 5.32 Å². The number of nitrogens with one attached hydrogen (secondary N) is 2. The molecular weight excluding hydrogens is 304 g/mol. The third kappa shape index (κ3) is 2.75. The molecule has 5 nitrogen and oxygen atoms in total. The average molecular weight is 325 g/mol. The summed E-state index contributed by atoms with van der Waals surface area (Å²) in [5, 5.41) is 6.16. The van der Waals surface area contributed by atoms with Gasteiger partial charge in [0.2, 0.25) is 5.91 Å². The lowest BCUT2D eigenvalue weighted by Gasteiger charge is -2.21. The summed E-state index contributed by atoms with van der Waals surface area (Å²) in [6, 6.07) is 5.56. The van der Waals surface area contributed by atoms with Gasteiger partial charge in [-0.1, -0.05) is 0 Å². The Morgan fingerprint density at radius 2 is 1.95 bits per heavy atom. The fourth-order valence-electron chi connectivity index (χ4n) is 3.43. The van der Waals surface area contributed by atoms with Gasteiger partial charge in [-0.25, -0.2) is 0 Å². The highest BCUT2D eigenvalue weighted by Crippen LogP contribution is 2.47. The Kier molecular flexibility index (Phi) is 4.19. The van der Waals surface area contributed by atoms with Gasteiger partial charge >= 0.3 is 0 Å². The maximum atomic E-state index is 12.1. The number of benzene rings is 1. The van der Waals surface area contributed by atoms with Crippen LogP contribution in [0.5, 0.6) is 11.5 Å². The predicted molar refractivity (Wildman–Crippen MR) is 85.8 cm³/mol. The van der Waals surface area contributed by atoms with E-state index in [0.717, 1.165) is 62.3 Å². The molecule has 1 saturated heterocycles. The van der Waals surface area contributed by atoms with Crippen molar-refractivity contribution < 1.29 is 14.3 Å². The van der Waals surface area contributed by atoms with Crippen LogP contribution in [0.1, 0.15) is 38.5 Å². The number of carbonyl (C=O) groups excluding carboxylic acids is 1. The first-order valence-corrected chi connectivity index (χ1v) is 7.80. The van der Waals surface area contributed by atoms with Gasteiger partial charge in [0.05, 0.1) is 6.04 Å². The summed E-state index contributed by atoms with van der Waals surface area (Å²) in [6.07, 6.45) is 6.13. The van der Waals surface area contributed by atoms with Gasteiger partial charge in [0, 0.05) is 24.6 Å². The molecule has 4 rings (SSSR count). The zero-order chi connectivity index (χ0) is 14.3. The van der Waals surface area contributed by atoms with Crippen LogP contribution in [-0.4, -0.2) is 24.3 Å². The minimum atomic E-state index is -0.446. The molecule has 1 aromatic carbocycles. The smallest absolute Gasteiger partial charge is 0.251 e. The Bertz CT molecular complexity index is 567. The maximum Gasteiger partial charge on any atom is 0.251 e. The van der Waals surface area contributed by atoms with Gasteiger partial charge < -0.3 is 20.1 Å². The van der Waals surface area contributed by atoms with Crippen LogP contribution < -0.4 is 20.1 Å². The number of ether oxygens (including phenoxy) is 2. The van der Waals surface area contributed by atoms with Crippen molar-refractivity contribution in [3.8, 4) is 11.5 Å². The molecule has 2 aliphatic heterocycles. The molecule has 3 aliphatic rings. The quantitative estimate of drug-likeness (QED) is 0.878. The molecule has 1 unspecified atom stereocenters. The summed E-state index contributed by atoms with van der Waals surface area (Å²) >= 11 is 0. The van der Waals surface area contributed by atoms with Crippen molar-refractivity contribution in [3.05, 3.63) is 18.2 Å². The van der Waals surface area contributed by atoms with Crippen molar-refractivity contribution in [2.75, 3.05) is 11.9 Å². The van der Waals surface area contributed by atoms with Gasteiger partial charge in [-0.15, -0.1) is 12.4 Å². The lowest BCUT2D eigenvalue weighted by Crippen LogP contribution is -2.35. The Balaban J connectivity index is 0.00000144. The number of halogens is 1. The van der Waals surface area contributed by atoms with Crippen molar-refractivity contribution in [2.45, 2.75) is 50.4 Å². The molecule has 0 bridgehead atoms. The highest BCUT2D eigenvalue weighted by Gasteiger charge is 2.44. The van der Waals surface area contributed by atoms with E-state index in [4.69, 9.17) is 9.47 Å². The largest absolute Gasteiger partial charge is 0.448 e. The molecule has 0 radical (unpaired) electrons. The number of anilines is 1. The molecule has 1 saturated carbocycles. The number of amides is 1. The third-order valence-electron chi connectivity index (χ3n) is 4.55. The lowest BCUT2D eigenvalue weighted by atomic mass is 10.2. The van der Waals surface area contributed by atoms with E-state index in [1.54, 1.807) is 0 Å². The molecule has 120 valence electrons. The van der Waals surface area contributed by atoms with E-state index < -0.39 is 5.79 Å². The topological polar surface area (TPSA) is 59.6 Å². The fourth-order valence-corrected chi connectivity index (χ4v) is 3.43. The number of fused-ring (bicyclic) bond motifs is 1. The monoisotopic (exact) mass is 324 g/mol. The van der Waals surface area contributed by atoms with Crippen molar-refractivity contribution in [1.29, 1.82) is 0 Å². The summed E-state index contributed by atoms with van der Waals surface area (Å²) in [6.45, 7) is 0.918. The summed E-state index contributed by atoms with van der Waals surface area (Å²) in [5.41, 5.74) is 0.770. The molecule has 1 atom stereocenters. The van der Waals surface area contributed by atoms with Crippen molar-refractivity contribution in [3.63, 3.8) is 0 Å². The molecule has 1 aromatic rings. The first-order valence-electron chi connectivity index (χ1n) is 7.80. The molecule has 1 amide bonds. The summed E-state index contributed by atoms with van der Waals surface area (Å²) < 4.78 is 12.0. The van der Waals surface area contributed by atoms with Crippen LogP contribution in [-0.2, 0) is 4.79 Å². The molecule has 6 heteroatoms. The van der Waals surface area contributed by atoms with Gasteiger partial charge in [-0.05, 0) is 44.4 Å². The first-order chi connectivity index (χ1) is 10.2. The Morgan fingerprint density at radius 3 is 2.68 bits per heavy atom. The number of carbonyl (C=O) groups is 1. The molecule has 1 spiro atoms. The van der Waals surface area contributed by atoms with Crippen LogP contribution in [0, 0.1) is 0 Å². The highest BCUT2D eigenvalue weighted by atomic mass is 35.5. The van der Waals surface area contributed by atoms with E-state index in [-0.39, 0.29) is 24.4 Å². The average Bonchev–Trinajstić information content (AvgIpc) is 3.19. The minimum absolute atomic E-state index is 0. The lowest BCUT2D eigenvalue weighted by molar-refractivity contribution is -0.117. The molecule has 2 heterocycles. The summed E-state index contributed by atoms with van der Waals surface area (Å²) in [5.74, 6) is 1.11. The van der Waals surface area contributed by atoms with Gasteiger partial charge in [0.25, 0.3) is 5.79 Å². The molecule has 1 aliphatic carbocycles. The SMILES string of the molecule is Cl.O=C(Nc1ccc2c(c1)OC1(CCCC1)O2)C1CCCN1. The number of hydrogen-bond donors (Lipinski definition) is 2. The van der Waals surface area contributed by atoms with Crippen LogP contribution in [0.25, 0.3) is 0 Å². The van der Waals surface area contributed by atoms with E-state index in [1.165, 1.54) is 0 Å². The van der Waals surface area contributed by atoms with Crippen LogP contribution in [0.4, 0.5) is 5.69 Å². The van der Waals surface area contributed by atoms with Crippen LogP contribution in [0.3, 0.4) is 0 Å².